The average Bonchev–Trinajstić information content (AvgIpc) is 2.10. The van der Waals surface area contributed by atoms with E-state index in [2.05, 4.69) is 4.98 Å². The Morgan fingerprint density at radius 1 is 1.78 bits per heavy atom. The molecule has 46 valence electrons. The van der Waals surface area contributed by atoms with Gasteiger partial charge in [-0.05, 0) is 13.0 Å². The van der Waals surface area contributed by atoms with Crippen molar-refractivity contribution >= 4 is 5.82 Å². The van der Waals surface area contributed by atoms with E-state index in [-0.39, 0.29) is 0 Å². The highest BCUT2D eigenvalue weighted by atomic mass is 14.8. The quantitative estimate of drug-likeness (QED) is 0.532. The number of hydrogen-bond acceptors (Lipinski definition) is 2. The molecular weight excluding hydrogens is 114 g/mol. The SMILES string of the molecule is Cc1cc(C#N)c(N)[nH]1. The third kappa shape index (κ3) is 0.868. The molecule has 0 aliphatic rings. The zero-order valence-corrected chi connectivity index (χ0v) is 5.10. The summed E-state index contributed by atoms with van der Waals surface area (Å²) in [5.41, 5.74) is 6.82. The Labute approximate surface area is 53.1 Å². The van der Waals surface area contributed by atoms with E-state index in [9.17, 15) is 0 Å². The van der Waals surface area contributed by atoms with Crippen molar-refractivity contribution < 1.29 is 0 Å². The molecule has 9 heavy (non-hydrogen) atoms. The van der Waals surface area contributed by atoms with Gasteiger partial charge in [0, 0.05) is 5.69 Å². The van der Waals surface area contributed by atoms with Crippen LogP contribution in [0.15, 0.2) is 6.07 Å². The number of aromatic amines is 1. The molecule has 0 bridgehead atoms. The van der Waals surface area contributed by atoms with Crippen molar-refractivity contribution in [2.75, 3.05) is 5.73 Å². The molecule has 0 aliphatic carbocycles. The second kappa shape index (κ2) is 1.82. The second-order valence-electron chi connectivity index (χ2n) is 1.89. The molecule has 1 heterocycles. The first-order chi connectivity index (χ1) is 4.24. The molecule has 3 N–H and O–H groups in total. The van der Waals surface area contributed by atoms with Crippen LogP contribution < -0.4 is 5.73 Å². The number of nitriles is 1. The molecule has 3 nitrogen and oxygen atoms in total. The van der Waals surface area contributed by atoms with Gasteiger partial charge in [-0.3, -0.25) is 0 Å². The van der Waals surface area contributed by atoms with Gasteiger partial charge >= 0.3 is 0 Å². The lowest BCUT2D eigenvalue weighted by atomic mass is 10.3. The van der Waals surface area contributed by atoms with Crippen LogP contribution in [-0.4, -0.2) is 4.98 Å². The summed E-state index contributed by atoms with van der Waals surface area (Å²) in [5, 5.41) is 8.38. The van der Waals surface area contributed by atoms with Crippen LogP contribution in [0.5, 0.6) is 0 Å². The molecule has 0 amide bonds. The summed E-state index contributed by atoms with van der Waals surface area (Å²) < 4.78 is 0. The minimum Gasteiger partial charge on any atom is -0.384 e. The number of nitrogen functional groups attached to an aromatic ring is 1. The van der Waals surface area contributed by atoms with Gasteiger partial charge in [0.15, 0.2) is 0 Å². The standard InChI is InChI=1S/C6H7N3/c1-4-2-5(3-7)6(8)9-4/h2,9H,8H2,1H3. The summed E-state index contributed by atoms with van der Waals surface area (Å²) in [4.78, 5) is 2.81. The van der Waals surface area contributed by atoms with E-state index in [4.69, 9.17) is 11.0 Å². The molecule has 0 saturated heterocycles. The molecule has 0 unspecified atom stereocenters. The Balaban J connectivity index is 3.20. The molecule has 0 saturated carbocycles. The van der Waals surface area contributed by atoms with Crippen LogP contribution in [0.4, 0.5) is 5.82 Å². The first-order valence-electron chi connectivity index (χ1n) is 2.59. The normalized spacial score (nSPS) is 8.89. The van der Waals surface area contributed by atoms with Crippen molar-refractivity contribution in [3.63, 3.8) is 0 Å². The lowest BCUT2D eigenvalue weighted by Crippen LogP contribution is -1.86. The van der Waals surface area contributed by atoms with E-state index in [0.717, 1.165) is 5.69 Å². The number of rotatable bonds is 0. The summed E-state index contributed by atoms with van der Waals surface area (Å²) in [7, 11) is 0. The number of nitrogens with one attached hydrogen (secondary N) is 1. The second-order valence-corrected chi connectivity index (χ2v) is 1.89. The summed E-state index contributed by atoms with van der Waals surface area (Å²) in [6.45, 7) is 1.86. The fourth-order valence-corrected chi connectivity index (χ4v) is 0.703. The van der Waals surface area contributed by atoms with Crippen molar-refractivity contribution in [3.8, 4) is 6.07 Å². The van der Waals surface area contributed by atoms with Gasteiger partial charge in [-0.1, -0.05) is 0 Å². The minimum atomic E-state index is 0.454. The van der Waals surface area contributed by atoms with Crippen LogP contribution in [0.3, 0.4) is 0 Å². The molecule has 0 spiro atoms. The minimum absolute atomic E-state index is 0.454. The van der Waals surface area contributed by atoms with Crippen LogP contribution in [0, 0.1) is 18.3 Å². The van der Waals surface area contributed by atoms with Gasteiger partial charge in [-0.25, -0.2) is 0 Å². The van der Waals surface area contributed by atoms with Crippen LogP contribution in [-0.2, 0) is 0 Å². The first-order valence-corrected chi connectivity index (χ1v) is 2.59. The van der Waals surface area contributed by atoms with E-state index in [0.29, 0.717) is 11.4 Å². The fraction of sp³-hybridized carbons (Fsp3) is 0.167. The Morgan fingerprint density at radius 3 is 2.67 bits per heavy atom. The topological polar surface area (TPSA) is 65.6 Å². The van der Waals surface area contributed by atoms with E-state index in [1.165, 1.54) is 0 Å². The van der Waals surface area contributed by atoms with E-state index >= 15 is 0 Å². The van der Waals surface area contributed by atoms with Gasteiger partial charge in [-0.2, -0.15) is 5.26 Å². The predicted molar refractivity (Wildman–Crippen MR) is 34.7 cm³/mol. The maximum absolute atomic E-state index is 8.38. The molecule has 0 atom stereocenters. The largest absolute Gasteiger partial charge is 0.384 e. The third-order valence-electron chi connectivity index (χ3n) is 1.10. The highest BCUT2D eigenvalue weighted by Crippen LogP contribution is 2.09. The van der Waals surface area contributed by atoms with E-state index in [1.807, 2.05) is 13.0 Å². The summed E-state index contributed by atoms with van der Waals surface area (Å²) >= 11 is 0. The van der Waals surface area contributed by atoms with E-state index < -0.39 is 0 Å². The third-order valence-corrected chi connectivity index (χ3v) is 1.10. The number of hydrogen-bond donors (Lipinski definition) is 2. The van der Waals surface area contributed by atoms with Crippen molar-refractivity contribution in [1.82, 2.24) is 4.98 Å². The number of aryl methyl sites for hydroxylation is 1. The molecule has 0 aromatic carbocycles. The maximum atomic E-state index is 8.38. The van der Waals surface area contributed by atoms with Crippen molar-refractivity contribution in [3.05, 3.63) is 17.3 Å². The van der Waals surface area contributed by atoms with Gasteiger partial charge in [-0.15, -0.1) is 0 Å². The Hall–Kier alpha value is -1.43. The number of aromatic nitrogens is 1. The smallest absolute Gasteiger partial charge is 0.119 e. The molecular formula is C6H7N3. The van der Waals surface area contributed by atoms with Crippen LogP contribution in [0.2, 0.25) is 0 Å². The highest BCUT2D eigenvalue weighted by Gasteiger charge is 1.98. The lowest BCUT2D eigenvalue weighted by Gasteiger charge is -1.81. The Kier molecular flexibility index (Phi) is 1.16. The Bertz CT molecular complexity index is 254. The van der Waals surface area contributed by atoms with Crippen molar-refractivity contribution in [2.24, 2.45) is 0 Å². The van der Waals surface area contributed by atoms with Crippen LogP contribution >= 0.6 is 0 Å². The average molecular weight is 121 g/mol. The molecule has 3 heteroatoms. The van der Waals surface area contributed by atoms with E-state index in [1.54, 1.807) is 6.07 Å². The zero-order valence-electron chi connectivity index (χ0n) is 5.10. The zero-order chi connectivity index (χ0) is 6.85. The molecule has 0 aliphatic heterocycles. The summed E-state index contributed by atoms with van der Waals surface area (Å²) in [5.74, 6) is 0.454. The maximum Gasteiger partial charge on any atom is 0.119 e. The molecule has 1 rings (SSSR count). The molecule has 1 aromatic heterocycles. The number of nitrogens with two attached hydrogens (primary N) is 1. The van der Waals surface area contributed by atoms with Gasteiger partial charge < -0.3 is 10.7 Å². The van der Waals surface area contributed by atoms with Crippen LogP contribution in [0.1, 0.15) is 11.3 Å². The van der Waals surface area contributed by atoms with Crippen molar-refractivity contribution in [1.29, 1.82) is 5.26 Å². The monoisotopic (exact) mass is 121 g/mol. The number of H-pyrrole nitrogens is 1. The van der Waals surface area contributed by atoms with Gasteiger partial charge in [0.2, 0.25) is 0 Å². The summed E-state index contributed by atoms with van der Waals surface area (Å²) in [6, 6.07) is 3.68. The molecule has 1 aromatic rings. The fourth-order valence-electron chi connectivity index (χ4n) is 0.703. The number of anilines is 1. The molecule has 0 fully saturated rings. The van der Waals surface area contributed by atoms with Crippen molar-refractivity contribution in [2.45, 2.75) is 6.92 Å². The Morgan fingerprint density at radius 2 is 2.44 bits per heavy atom. The van der Waals surface area contributed by atoms with Gasteiger partial charge in [0.1, 0.15) is 11.9 Å². The predicted octanol–water partition coefficient (Wildman–Crippen LogP) is 0.777. The molecule has 0 radical (unpaired) electrons. The van der Waals surface area contributed by atoms with Gasteiger partial charge in [0.05, 0.1) is 5.56 Å². The van der Waals surface area contributed by atoms with Crippen LogP contribution in [0.25, 0.3) is 0 Å². The summed E-state index contributed by atoms with van der Waals surface area (Å²) in [6.07, 6.45) is 0. The number of nitrogens with zero attached hydrogens (tertiary/aromatic N) is 1. The highest BCUT2D eigenvalue weighted by molar-refractivity contribution is 5.50. The van der Waals surface area contributed by atoms with Gasteiger partial charge in [0.25, 0.3) is 0 Å². The first kappa shape index (κ1) is 5.70. The lowest BCUT2D eigenvalue weighted by molar-refractivity contribution is 1.27.